The molecule has 0 saturated carbocycles. The lowest BCUT2D eigenvalue weighted by molar-refractivity contribution is 0.0903. The van der Waals surface area contributed by atoms with Crippen LogP contribution in [0, 0.1) is 0 Å². The summed E-state index contributed by atoms with van der Waals surface area (Å²) in [6.07, 6.45) is 2.16. The van der Waals surface area contributed by atoms with Crippen LogP contribution in [0.3, 0.4) is 0 Å². The molecule has 24 heavy (non-hydrogen) atoms. The molecule has 1 aromatic heterocycles. The molecule has 0 radical (unpaired) electrons. The van der Waals surface area contributed by atoms with Crippen LogP contribution in [0.2, 0.25) is 25.7 Å². The fourth-order valence-electron chi connectivity index (χ4n) is 3.30. The van der Waals surface area contributed by atoms with Crippen LogP contribution in [0.5, 0.6) is 0 Å². The minimum Gasteiger partial charge on any atom is -0.367 e. The Morgan fingerprint density at radius 1 is 1.25 bits per heavy atom. The number of para-hydroxylation sites is 1. The Morgan fingerprint density at radius 3 is 2.83 bits per heavy atom. The summed E-state index contributed by atoms with van der Waals surface area (Å²) >= 11 is 0. The van der Waals surface area contributed by atoms with Gasteiger partial charge in [-0.2, -0.15) is 0 Å². The number of nitrogens with one attached hydrogen (secondary N) is 1. The Bertz CT molecular complexity index is 677. The van der Waals surface area contributed by atoms with Crippen LogP contribution < -0.4 is 10.2 Å². The van der Waals surface area contributed by atoms with E-state index in [9.17, 15) is 0 Å². The van der Waals surface area contributed by atoms with Crippen LogP contribution in [0.25, 0.3) is 10.9 Å². The molecule has 0 aliphatic carbocycles. The van der Waals surface area contributed by atoms with Crippen molar-refractivity contribution in [2.24, 2.45) is 0 Å². The van der Waals surface area contributed by atoms with Crippen molar-refractivity contribution in [3.63, 3.8) is 0 Å². The second-order valence-electron chi connectivity index (χ2n) is 8.15. The summed E-state index contributed by atoms with van der Waals surface area (Å²) in [5.74, 6) is 0. The van der Waals surface area contributed by atoms with Gasteiger partial charge in [0.2, 0.25) is 0 Å². The molecule has 3 rings (SSSR count). The van der Waals surface area contributed by atoms with Crippen LogP contribution >= 0.6 is 0 Å². The van der Waals surface area contributed by atoms with E-state index >= 15 is 0 Å². The summed E-state index contributed by atoms with van der Waals surface area (Å²) in [5.41, 5.74) is 2.64. The zero-order valence-electron chi connectivity index (χ0n) is 15.5. The van der Waals surface area contributed by atoms with E-state index in [1.807, 2.05) is 0 Å². The molecule has 1 fully saturated rings. The first-order valence-electron chi connectivity index (χ1n) is 9.08. The Hall–Kier alpha value is -1.30. The first-order chi connectivity index (χ1) is 11.4. The lowest BCUT2D eigenvalue weighted by Gasteiger charge is -2.34. The number of fused-ring (bicyclic) bond motifs is 1. The van der Waals surface area contributed by atoms with Gasteiger partial charge in [-0.3, -0.25) is 0 Å². The number of aromatic nitrogens is 1. The van der Waals surface area contributed by atoms with Crippen molar-refractivity contribution in [2.45, 2.75) is 45.4 Å². The Kier molecular flexibility index (Phi) is 5.32. The molecule has 1 atom stereocenters. The SMILES string of the molecule is C[C@H]1CN(c2cccc3ccn(COCC[Si](C)(C)C)c23)CCN1. The largest absolute Gasteiger partial charge is 0.367 e. The fourth-order valence-corrected chi connectivity index (χ4v) is 4.05. The molecular formula is C19H31N3OSi. The van der Waals surface area contributed by atoms with Gasteiger partial charge in [-0.15, -0.1) is 0 Å². The van der Waals surface area contributed by atoms with E-state index in [0.29, 0.717) is 12.8 Å². The first kappa shape index (κ1) is 17.5. The number of nitrogens with zero attached hydrogens (tertiary/aromatic N) is 2. The Labute approximate surface area is 146 Å². The first-order valence-corrected chi connectivity index (χ1v) is 12.8. The molecule has 2 heterocycles. The van der Waals surface area contributed by atoms with Gasteiger partial charge in [0.15, 0.2) is 0 Å². The van der Waals surface area contributed by atoms with Crippen molar-refractivity contribution in [3.05, 3.63) is 30.5 Å². The van der Waals surface area contributed by atoms with Gasteiger partial charge in [-0.1, -0.05) is 31.8 Å². The monoisotopic (exact) mass is 345 g/mol. The van der Waals surface area contributed by atoms with E-state index in [4.69, 9.17) is 4.74 Å². The number of rotatable bonds is 6. The predicted octanol–water partition coefficient (Wildman–Crippen LogP) is 3.75. The molecule has 0 spiro atoms. The lowest BCUT2D eigenvalue weighted by atomic mass is 10.1. The van der Waals surface area contributed by atoms with Gasteiger partial charge in [0, 0.05) is 51.9 Å². The van der Waals surface area contributed by atoms with E-state index in [2.05, 4.69) is 71.8 Å². The molecular weight excluding hydrogens is 314 g/mol. The maximum Gasteiger partial charge on any atom is 0.122 e. The molecule has 1 aliphatic heterocycles. The minimum atomic E-state index is -1.03. The second-order valence-corrected chi connectivity index (χ2v) is 13.8. The molecule has 0 amide bonds. The van der Waals surface area contributed by atoms with Crippen molar-refractivity contribution in [2.75, 3.05) is 31.1 Å². The number of anilines is 1. The highest BCUT2D eigenvalue weighted by atomic mass is 28.3. The van der Waals surface area contributed by atoms with Gasteiger partial charge >= 0.3 is 0 Å². The third-order valence-corrected chi connectivity index (χ3v) is 6.41. The van der Waals surface area contributed by atoms with Crippen LogP contribution in [0.1, 0.15) is 6.92 Å². The van der Waals surface area contributed by atoms with Gasteiger partial charge in [0.25, 0.3) is 0 Å². The van der Waals surface area contributed by atoms with Crippen LogP contribution in [0.15, 0.2) is 30.5 Å². The van der Waals surface area contributed by atoms with Gasteiger partial charge in [0.1, 0.15) is 6.73 Å². The van der Waals surface area contributed by atoms with Gasteiger partial charge in [-0.25, -0.2) is 0 Å². The van der Waals surface area contributed by atoms with Crippen LogP contribution in [0.4, 0.5) is 5.69 Å². The highest BCUT2D eigenvalue weighted by molar-refractivity contribution is 6.76. The van der Waals surface area contributed by atoms with Crippen molar-refractivity contribution < 1.29 is 4.74 Å². The summed E-state index contributed by atoms with van der Waals surface area (Å²) in [5, 5.41) is 4.82. The summed E-state index contributed by atoms with van der Waals surface area (Å²) in [6, 6.07) is 10.6. The minimum absolute atomic E-state index is 0.533. The average molecular weight is 346 g/mol. The van der Waals surface area contributed by atoms with Crippen molar-refractivity contribution in [1.82, 2.24) is 9.88 Å². The molecule has 0 unspecified atom stereocenters. The van der Waals surface area contributed by atoms with Crippen LogP contribution in [-0.4, -0.2) is 44.9 Å². The molecule has 1 saturated heterocycles. The number of ether oxygens (including phenoxy) is 1. The standard InChI is InChI=1S/C19H31N3OSi/c1-16-14-21(11-9-20-16)18-7-5-6-17-8-10-22(19(17)18)15-23-12-13-24(2,3)4/h5-8,10,16,20H,9,11-15H2,1-4H3/t16-/m0/s1. The smallest absolute Gasteiger partial charge is 0.122 e. The molecule has 2 aromatic rings. The molecule has 1 aliphatic rings. The lowest BCUT2D eigenvalue weighted by Crippen LogP contribution is -2.49. The molecule has 1 aromatic carbocycles. The quantitative estimate of drug-likeness (QED) is 0.639. The van der Waals surface area contributed by atoms with Gasteiger partial charge in [0.05, 0.1) is 11.2 Å². The molecule has 132 valence electrons. The predicted molar refractivity (Wildman–Crippen MR) is 106 cm³/mol. The average Bonchev–Trinajstić information content (AvgIpc) is 2.94. The Balaban J connectivity index is 1.77. The van der Waals surface area contributed by atoms with Gasteiger partial charge in [-0.05, 0) is 25.1 Å². The zero-order chi connectivity index (χ0) is 17.2. The van der Waals surface area contributed by atoms with E-state index in [0.717, 1.165) is 26.2 Å². The summed E-state index contributed by atoms with van der Waals surface area (Å²) in [4.78, 5) is 2.50. The van der Waals surface area contributed by atoms with E-state index in [1.54, 1.807) is 0 Å². The maximum absolute atomic E-state index is 5.99. The highest BCUT2D eigenvalue weighted by Crippen LogP contribution is 2.28. The van der Waals surface area contributed by atoms with Crippen molar-refractivity contribution in [1.29, 1.82) is 0 Å². The number of piperazine rings is 1. The summed E-state index contributed by atoms with van der Waals surface area (Å²) < 4.78 is 8.26. The van der Waals surface area contributed by atoms with Gasteiger partial charge < -0.3 is 19.5 Å². The summed E-state index contributed by atoms with van der Waals surface area (Å²) in [6.45, 7) is 14.1. The Morgan fingerprint density at radius 2 is 2.08 bits per heavy atom. The zero-order valence-corrected chi connectivity index (χ0v) is 16.5. The highest BCUT2D eigenvalue weighted by Gasteiger charge is 2.19. The summed E-state index contributed by atoms with van der Waals surface area (Å²) in [7, 11) is -1.03. The fraction of sp³-hybridized carbons (Fsp3) is 0.579. The van der Waals surface area contributed by atoms with Crippen molar-refractivity contribution >= 4 is 24.7 Å². The maximum atomic E-state index is 5.99. The number of hydrogen-bond acceptors (Lipinski definition) is 3. The molecule has 1 N–H and O–H groups in total. The molecule has 0 bridgehead atoms. The van der Waals surface area contributed by atoms with Crippen molar-refractivity contribution in [3.8, 4) is 0 Å². The van der Waals surface area contributed by atoms with E-state index < -0.39 is 8.07 Å². The normalized spacial score (nSPS) is 19.2. The van der Waals surface area contributed by atoms with Crippen LogP contribution in [-0.2, 0) is 11.5 Å². The van der Waals surface area contributed by atoms with E-state index in [-0.39, 0.29) is 0 Å². The molecule has 4 nitrogen and oxygen atoms in total. The second kappa shape index (κ2) is 7.29. The third-order valence-electron chi connectivity index (χ3n) is 4.70. The topological polar surface area (TPSA) is 29.4 Å². The number of hydrogen-bond donors (Lipinski definition) is 1. The molecule has 5 heteroatoms. The van der Waals surface area contributed by atoms with E-state index in [1.165, 1.54) is 22.6 Å². The number of benzene rings is 1. The third kappa shape index (κ3) is 4.21.